The molecular weight excluding hydrogens is 350 g/mol. The molecule has 0 aliphatic heterocycles. The maximum atomic E-state index is 12.3. The van der Waals surface area contributed by atoms with E-state index in [2.05, 4.69) is 21.4 Å². The minimum absolute atomic E-state index is 0.0370. The number of amides is 1. The molecule has 0 bridgehead atoms. The van der Waals surface area contributed by atoms with E-state index in [0.29, 0.717) is 31.0 Å². The number of hydrogen-bond donors (Lipinski definition) is 2. The summed E-state index contributed by atoms with van der Waals surface area (Å²) in [5, 5.41) is 4.05. The van der Waals surface area contributed by atoms with Gasteiger partial charge in [0.15, 0.2) is 0 Å². The van der Waals surface area contributed by atoms with Crippen molar-refractivity contribution < 1.29 is 9.53 Å². The Morgan fingerprint density at radius 2 is 1.82 bits per heavy atom. The molecule has 0 saturated heterocycles. The molecule has 2 aromatic carbocycles. The summed E-state index contributed by atoms with van der Waals surface area (Å²) in [6, 6.07) is 21.6. The average molecular weight is 371 g/mol. The molecule has 5 heteroatoms. The van der Waals surface area contributed by atoms with Crippen LogP contribution in [0.25, 0.3) is 10.9 Å². The largest absolute Gasteiger partial charge is 0.473 e. The molecule has 0 radical (unpaired) electrons. The number of carbonyl (C=O) groups is 1. The summed E-state index contributed by atoms with van der Waals surface area (Å²) in [6.45, 7) is 0.462. The van der Waals surface area contributed by atoms with Gasteiger partial charge in [0.2, 0.25) is 11.8 Å². The van der Waals surface area contributed by atoms with E-state index < -0.39 is 0 Å². The number of nitrogens with zero attached hydrogens (tertiary/aromatic N) is 1. The number of carbonyl (C=O) groups excluding carboxylic acids is 1. The van der Waals surface area contributed by atoms with Crippen molar-refractivity contribution in [3.05, 3.63) is 90.3 Å². The van der Waals surface area contributed by atoms with Crippen LogP contribution in [0.1, 0.15) is 17.5 Å². The van der Waals surface area contributed by atoms with Crippen LogP contribution < -0.4 is 10.1 Å². The number of hydrogen-bond acceptors (Lipinski definition) is 3. The highest BCUT2D eigenvalue weighted by Crippen LogP contribution is 2.19. The van der Waals surface area contributed by atoms with Crippen molar-refractivity contribution in [3.8, 4) is 5.88 Å². The van der Waals surface area contributed by atoms with Crippen LogP contribution in [-0.4, -0.2) is 15.9 Å². The van der Waals surface area contributed by atoms with Crippen molar-refractivity contribution >= 4 is 22.5 Å². The number of aromatic nitrogens is 2. The minimum atomic E-state index is -0.0370. The number of aryl methyl sites for hydroxylation is 1. The van der Waals surface area contributed by atoms with E-state index in [1.54, 1.807) is 18.3 Å². The summed E-state index contributed by atoms with van der Waals surface area (Å²) >= 11 is 0. The number of benzene rings is 2. The van der Waals surface area contributed by atoms with Crippen LogP contribution in [0.3, 0.4) is 0 Å². The second-order valence-corrected chi connectivity index (χ2v) is 6.57. The van der Waals surface area contributed by atoms with Crippen LogP contribution in [0.2, 0.25) is 0 Å². The Hall–Kier alpha value is -3.60. The highest BCUT2D eigenvalue weighted by atomic mass is 16.5. The van der Waals surface area contributed by atoms with Crippen molar-refractivity contribution in [3.63, 3.8) is 0 Å². The van der Waals surface area contributed by atoms with Crippen molar-refractivity contribution in [1.29, 1.82) is 0 Å². The van der Waals surface area contributed by atoms with E-state index in [1.807, 2.05) is 54.7 Å². The Morgan fingerprint density at radius 3 is 2.64 bits per heavy atom. The van der Waals surface area contributed by atoms with Gasteiger partial charge in [0.1, 0.15) is 6.61 Å². The van der Waals surface area contributed by atoms with Gasteiger partial charge < -0.3 is 15.0 Å². The molecule has 4 rings (SSSR count). The molecule has 0 spiro atoms. The third-order valence-electron chi connectivity index (χ3n) is 4.55. The summed E-state index contributed by atoms with van der Waals surface area (Å²) < 4.78 is 5.66. The van der Waals surface area contributed by atoms with Gasteiger partial charge in [-0.1, -0.05) is 48.5 Å². The van der Waals surface area contributed by atoms with Crippen LogP contribution in [0.15, 0.2) is 79.1 Å². The molecule has 4 aromatic rings. The van der Waals surface area contributed by atoms with Gasteiger partial charge in [0.25, 0.3) is 0 Å². The number of anilines is 1. The molecule has 5 nitrogen and oxygen atoms in total. The maximum absolute atomic E-state index is 12.3. The van der Waals surface area contributed by atoms with Crippen molar-refractivity contribution in [2.75, 3.05) is 5.32 Å². The van der Waals surface area contributed by atoms with Crippen LogP contribution in [0.4, 0.5) is 5.69 Å². The van der Waals surface area contributed by atoms with Crippen LogP contribution >= 0.6 is 0 Å². The van der Waals surface area contributed by atoms with Gasteiger partial charge in [-0.3, -0.25) is 4.79 Å². The number of fused-ring (bicyclic) bond motifs is 1. The zero-order chi connectivity index (χ0) is 19.2. The molecule has 28 heavy (non-hydrogen) atoms. The lowest BCUT2D eigenvalue weighted by Crippen LogP contribution is -2.12. The molecule has 2 N–H and O–H groups in total. The Bertz CT molecular complexity index is 1060. The fourth-order valence-corrected chi connectivity index (χ4v) is 3.08. The first kappa shape index (κ1) is 17.8. The topological polar surface area (TPSA) is 67.0 Å². The summed E-state index contributed by atoms with van der Waals surface area (Å²) in [6.07, 6.45) is 4.68. The van der Waals surface area contributed by atoms with Gasteiger partial charge in [0.05, 0.1) is 11.9 Å². The first-order valence-corrected chi connectivity index (χ1v) is 9.25. The Labute approximate surface area is 163 Å². The zero-order valence-electron chi connectivity index (χ0n) is 15.4. The predicted octanol–water partition coefficient (Wildman–Crippen LogP) is 4.71. The van der Waals surface area contributed by atoms with Crippen molar-refractivity contribution in [2.45, 2.75) is 19.4 Å². The molecule has 0 fully saturated rings. The zero-order valence-corrected chi connectivity index (χ0v) is 15.4. The van der Waals surface area contributed by atoms with E-state index in [0.717, 1.165) is 22.0 Å². The van der Waals surface area contributed by atoms with E-state index >= 15 is 0 Å². The molecule has 2 heterocycles. The van der Waals surface area contributed by atoms with Gasteiger partial charge in [-0.05, 0) is 29.7 Å². The van der Waals surface area contributed by atoms with Crippen molar-refractivity contribution in [2.24, 2.45) is 0 Å². The number of ether oxygens (including phenoxy) is 1. The fourth-order valence-electron chi connectivity index (χ4n) is 3.08. The summed E-state index contributed by atoms with van der Waals surface area (Å²) in [4.78, 5) is 19.8. The second-order valence-electron chi connectivity index (χ2n) is 6.57. The number of H-pyrrole nitrogens is 1. The van der Waals surface area contributed by atoms with E-state index in [-0.39, 0.29) is 5.91 Å². The number of rotatable bonds is 7. The molecule has 0 unspecified atom stereocenters. The third kappa shape index (κ3) is 4.38. The molecular formula is C23H21N3O2. The molecule has 0 aliphatic carbocycles. The lowest BCUT2D eigenvalue weighted by molar-refractivity contribution is -0.116. The number of para-hydroxylation sites is 1. The Balaban J connectivity index is 1.28. The molecule has 2 aromatic heterocycles. The Morgan fingerprint density at radius 1 is 1.00 bits per heavy atom. The van der Waals surface area contributed by atoms with E-state index in [1.165, 1.54) is 0 Å². The summed E-state index contributed by atoms with van der Waals surface area (Å²) in [7, 11) is 0. The number of nitrogens with one attached hydrogen (secondary N) is 2. The Kier molecular flexibility index (Phi) is 5.33. The van der Waals surface area contributed by atoms with Gasteiger partial charge in [-0.25, -0.2) is 4.98 Å². The predicted molar refractivity (Wildman–Crippen MR) is 110 cm³/mol. The van der Waals surface area contributed by atoms with Gasteiger partial charge in [0, 0.05) is 29.6 Å². The normalized spacial score (nSPS) is 10.7. The summed E-state index contributed by atoms with van der Waals surface area (Å²) in [5.41, 5.74) is 3.98. The molecule has 0 aliphatic rings. The van der Waals surface area contributed by atoms with Gasteiger partial charge >= 0.3 is 0 Å². The van der Waals surface area contributed by atoms with Gasteiger partial charge in [-0.2, -0.15) is 0 Å². The summed E-state index contributed by atoms with van der Waals surface area (Å²) in [5.74, 6) is 0.491. The first-order valence-electron chi connectivity index (χ1n) is 9.25. The first-order chi connectivity index (χ1) is 13.8. The standard InChI is InChI=1S/C23H21N3O2/c27-22(12-10-18-14-24-21-9-5-4-8-20(18)21)26-19-11-13-23(25-15-19)28-16-17-6-2-1-3-7-17/h1-9,11,13-15,24H,10,12,16H2,(H,26,27). The van der Waals surface area contributed by atoms with Crippen LogP contribution in [-0.2, 0) is 17.8 Å². The highest BCUT2D eigenvalue weighted by Gasteiger charge is 2.07. The van der Waals surface area contributed by atoms with Crippen LogP contribution in [0, 0.1) is 0 Å². The highest BCUT2D eigenvalue weighted by molar-refractivity contribution is 5.91. The minimum Gasteiger partial charge on any atom is -0.473 e. The molecule has 1 amide bonds. The van der Waals surface area contributed by atoms with Gasteiger partial charge in [-0.15, -0.1) is 0 Å². The lowest BCUT2D eigenvalue weighted by atomic mass is 10.1. The van der Waals surface area contributed by atoms with E-state index in [4.69, 9.17) is 4.74 Å². The molecule has 140 valence electrons. The quantitative estimate of drug-likeness (QED) is 0.494. The second kappa shape index (κ2) is 8.39. The molecule has 0 saturated carbocycles. The average Bonchev–Trinajstić information content (AvgIpc) is 3.16. The molecule has 0 atom stereocenters. The maximum Gasteiger partial charge on any atom is 0.224 e. The smallest absolute Gasteiger partial charge is 0.224 e. The lowest BCUT2D eigenvalue weighted by Gasteiger charge is -2.07. The third-order valence-corrected chi connectivity index (χ3v) is 4.55. The number of pyridine rings is 1. The SMILES string of the molecule is O=C(CCc1c[nH]c2ccccc12)Nc1ccc(OCc2ccccc2)nc1. The van der Waals surface area contributed by atoms with Crippen LogP contribution in [0.5, 0.6) is 5.88 Å². The van der Waals surface area contributed by atoms with E-state index in [9.17, 15) is 4.79 Å². The fraction of sp³-hybridized carbons (Fsp3) is 0.130. The van der Waals surface area contributed by atoms with Crippen molar-refractivity contribution in [1.82, 2.24) is 9.97 Å². The number of aromatic amines is 1. The monoisotopic (exact) mass is 371 g/mol.